The van der Waals surface area contributed by atoms with Gasteiger partial charge in [0.2, 0.25) is 11.8 Å². The summed E-state index contributed by atoms with van der Waals surface area (Å²) in [5, 5.41) is 2.85. The first-order valence-electron chi connectivity index (χ1n) is 6.37. The van der Waals surface area contributed by atoms with Crippen LogP contribution in [0.5, 0.6) is 0 Å². The SMILES string of the molecule is C=CCCNC(=O)C1CC(=O)N(CC2CC2)C1. The first-order valence-corrected chi connectivity index (χ1v) is 6.37. The van der Waals surface area contributed by atoms with E-state index in [0.717, 1.165) is 13.0 Å². The molecular formula is C13H20N2O2. The van der Waals surface area contributed by atoms with Gasteiger partial charge in [0.15, 0.2) is 0 Å². The van der Waals surface area contributed by atoms with Crippen LogP contribution in [0, 0.1) is 11.8 Å². The van der Waals surface area contributed by atoms with Crippen molar-refractivity contribution < 1.29 is 9.59 Å². The molecule has 1 aliphatic heterocycles. The van der Waals surface area contributed by atoms with Crippen molar-refractivity contribution in [3.63, 3.8) is 0 Å². The molecule has 1 saturated heterocycles. The van der Waals surface area contributed by atoms with Crippen molar-refractivity contribution in [1.29, 1.82) is 0 Å². The van der Waals surface area contributed by atoms with Gasteiger partial charge in [-0.05, 0) is 25.2 Å². The van der Waals surface area contributed by atoms with Crippen molar-refractivity contribution in [2.75, 3.05) is 19.6 Å². The summed E-state index contributed by atoms with van der Waals surface area (Å²) in [4.78, 5) is 25.4. The zero-order chi connectivity index (χ0) is 12.3. The Bertz CT molecular complexity index is 323. The number of amides is 2. The Hall–Kier alpha value is -1.32. The lowest BCUT2D eigenvalue weighted by Crippen LogP contribution is -2.33. The Balaban J connectivity index is 1.76. The van der Waals surface area contributed by atoms with Crippen molar-refractivity contribution in [1.82, 2.24) is 10.2 Å². The number of rotatable bonds is 6. The fourth-order valence-corrected chi connectivity index (χ4v) is 2.18. The first kappa shape index (κ1) is 12.1. The van der Waals surface area contributed by atoms with Crippen LogP contribution in [-0.4, -0.2) is 36.3 Å². The molecule has 1 heterocycles. The average Bonchev–Trinajstić information content (AvgIpc) is 3.03. The highest BCUT2D eigenvalue weighted by Crippen LogP contribution is 2.31. The lowest BCUT2D eigenvalue weighted by Gasteiger charge is -2.15. The number of nitrogens with one attached hydrogen (secondary N) is 1. The molecule has 1 N–H and O–H groups in total. The summed E-state index contributed by atoms with van der Waals surface area (Å²) in [7, 11) is 0. The predicted molar refractivity (Wildman–Crippen MR) is 65.2 cm³/mol. The monoisotopic (exact) mass is 236 g/mol. The standard InChI is InChI=1S/C13H20N2O2/c1-2-3-6-14-13(17)11-7-12(16)15(9-11)8-10-4-5-10/h2,10-11H,1,3-9H2,(H,14,17). The van der Waals surface area contributed by atoms with E-state index in [4.69, 9.17) is 0 Å². The van der Waals surface area contributed by atoms with Crippen molar-refractivity contribution in [3.05, 3.63) is 12.7 Å². The van der Waals surface area contributed by atoms with Crippen LogP contribution in [0.1, 0.15) is 25.7 Å². The van der Waals surface area contributed by atoms with Gasteiger partial charge < -0.3 is 10.2 Å². The second-order valence-corrected chi connectivity index (χ2v) is 5.01. The minimum atomic E-state index is -0.147. The first-order chi connectivity index (χ1) is 8.20. The van der Waals surface area contributed by atoms with E-state index in [1.807, 2.05) is 4.90 Å². The predicted octanol–water partition coefficient (Wildman–Crippen LogP) is 0.937. The number of nitrogens with zero attached hydrogens (tertiary/aromatic N) is 1. The Morgan fingerprint density at radius 3 is 2.94 bits per heavy atom. The summed E-state index contributed by atoms with van der Waals surface area (Å²) in [5.74, 6) is 0.701. The largest absolute Gasteiger partial charge is 0.355 e. The van der Waals surface area contributed by atoms with Crippen LogP contribution < -0.4 is 5.32 Å². The number of carbonyl (C=O) groups is 2. The molecule has 4 nitrogen and oxygen atoms in total. The highest BCUT2D eigenvalue weighted by atomic mass is 16.2. The lowest BCUT2D eigenvalue weighted by molar-refractivity contribution is -0.129. The normalized spacial score (nSPS) is 23.9. The number of likely N-dealkylation sites (tertiary alicyclic amines) is 1. The smallest absolute Gasteiger partial charge is 0.225 e. The van der Waals surface area contributed by atoms with E-state index in [1.54, 1.807) is 6.08 Å². The van der Waals surface area contributed by atoms with Gasteiger partial charge in [0, 0.05) is 26.1 Å². The average molecular weight is 236 g/mol. The summed E-state index contributed by atoms with van der Waals surface area (Å²) in [6.45, 7) is 5.69. The molecule has 1 aliphatic carbocycles. The molecule has 0 radical (unpaired) electrons. The minimum Gasteiger partial charge on any atom is -0.355 e. The van der Waals surface area contributed by atoms with Crippen LogP contribution in [0.4, 0.5) is 0 Å². The molecule has 0 aromatic rings. The van der Waals surface area contributed by atoms with Gasteiger partial charge in [-0.15, -0.1) is 6.58 Å². The van der Waals surface area contributed by atoms with Gasteiger partial charge in [-0.25, -0.2) is 0 Å². The quantitative estimate of drug-likeness (QED) is 0.551. The maximum atomic E-state index is 11.8. The van der Waals surface area contributed by atoms with Gasteiger partial charge in [0.05, 0.1) is 5.92 Å². The molecule has 1 unspecified atom stereocenters. The molecule has 0 aromatic heterocycles. The third-order valence-electron chi connectivity index (χ3n) is 3.41. The van der Waals surface area contributed by atoms with Gasteiger partial charge in [0.1, 0.15) is 0 Å². The van der Waals surface area contributed by atoms with E-state index in [1.165, 1.54) is 12.8 Å². The van der Waals surface area contributed by atoms with Crippen LogP contribution in [0.2, 0.25) is 0 Å². The molecule has 17 heavy (non-hydrogen) atoms. The molecular weight excluding hydrogens is 216 g/mol. The van der Waals surface area contributed by atoms with E-state index in [9.17, 15) is 9.59 Å². The van der Waals surface area contributed by atoms with Crippen LogP contribution >= 0.6 is 0 Å². The summed E-state index contributed by atoms with van der Waals surface area (Å²) in [5.41, 5.74) is 0. The Morgan fingerprint density at radius 1 is 1.53 bits per heavy atom. The van der Waals surface area contributed by atoms with Crippen molar-refractivity contribution in [2.24, 2.45) is 11.8 Å². The van der Waals surface area contributed by atoms with Crippen LogP contribution in [0.3, 0.4) is 0 Å². The van der Waals surface area contributed by atoms with Gasteiger partial charge in [0.25, 0.3) is 0 Å². The molecule has 2 rings (SSSR count). The Morgan fingerprint density at radius 2 is 2.29 bits per heavy atom. The lowest BCUT2D eigenvalue weighted by atomic mass is 10.1. The molecule has 1 atom stereocenters. The van der Waals surface area contributed by atoms with Crippen molar-refractivity contribution in [2.45, 2.75) is 25.7 Å². The molecule has 0 bridgehead atoms. The molecule has 1 saturated carbocycles. The van der Waals surface area contributed by atoms with Gasteiger partial charge in [-0.3, -0.25) is 9.59 Å². The van der Waals surface area contributed by atoms with Gasteiger partial charge in [-0.2, -0.15) is 0 Å². The van der Waals surface area contributed by atoms with Crippen LogP contribution in [-0.2, 0) is 9.59 Å². The Kier molecular flexibility index (Phi) is 3.82. The molecule has 2 aliphatic rings. The summed E-state index contributed by atoms with van der Waals surface area (Å²) >= 11 is 0. The van der Waals surface area contributed by atoms with E-state index >= 15 is 0 Å². The molecule has 94 valence electrons. The highest BCUT2D eigenvalue weighted by molar-refractivity contribution is 5.89. The molecule has 4 heteroatoms. The Labute approximate surface area is 102 Å². The summed E-state index contributed by atoms with van der Waals surface area (Å²) in [6.07, 6.45) is 5.41. The second kappa shape index (κ2) is 5.34. The highest BCUT2D eigenvalue weighted by Gasteiger charge is 2.36. The number of carbonyl (C=O) groups excluding carboxylic acids is 2. The van der Waals surface area contributed by atoms with E-state index in [0.29, 0.717) is 25.4 Å². The zero-order valence-corrected chi connectivity index (χ0v) is 10.2. The topological polar surface area (TPSA) is 49.4 Å². The number of hydrogen-bond donors (Lipinski definition) is 1. The minimum absolute atomic E-state index is 0.0125. The summed E-state index contributed by atoms with van der Waals surface area (Å²) < 4.78 is 0. The van der Waals surface area contributed by atoms with Gasteiger partial charge >= 0.3 is 0 Å². The van der Waals surface area contributed by atoms with Gasteiger partial charge in [-0.1, -0.05) is 6.08 Å². The zero-order valence-electron chi connectivity index (χ0n) is 10.2. The van der Waals surface area contributed by atoms with E-state index in [-0.39, 0.29) is 17.7 Å². The molecule has 2 amide bonds. The third kappa shape index (κ3) is 3.32. The third-order valence-corrected chi connectivity index (χ3v) is 3.41. The molecule has 0 spiro atoms. The fraction of sp³-hybridized carbons (Fsp3) is 0.692. The van der Waals surface area contributed by atoms with E-state index < -0.39 is 0 Å². The molecule has 0 aromatic carbocycles. The maximum absolute atomic E-state index is 11.8. The molecule has 2 fully saturated rings. The number of hydrogen-bond acceptors (Lipinski definition) is 2. The summed E-state index contributed by atoms with van der Waals surface area (Å²) in [6, 6.07) is 0. The second-order valence-electron chi connectivity index (χ2n) is 5.01. The van der Waals surface area contributed by atoms with Crippen LogP contribution in [0.15, 0.2) is 12.7 Å². The fourth-order valence-electron chi connectivity index (χ4n) is 2.18. The van der Waals surface area contributed by atoms with Crippen molar-refractivity contribution >= 4 is 11.8 Å². The van der Waals surface area contributed by atoms with Crippen LogP contribution in [0.25, 0.3) is 0 Å². The van der Waals surface area contributed by atoms with Crippen molar-refractivity contribution in [3.8, 4) is 0 Å². The van der Waals surface area contributed by atoms with E-state index in [2.05, 4.69) is 11.9 Å². The maximum Gasteiger partial charge on any atom is 0.225 e.